The number of benzene rings is 1. The number of H-pyrrole nitrogens is 1. The van der Waals surface area contributed by atoms with Gasteiger partial charge in [-0.2, -0.15) is 5.10 Å². The molecule has 1 aliphatic heterocycles. The Labute approximate surface area is 228 Å². The lowest BCUT2D eigenvalue weighted by atomic mass is 9.91. The van der Waals surface area contributed by atoms with Crippen LogP contribution in [-0.2, 0) is 9.53 Å². The fourth-order valence-corrected chi connectivity index (χ4v) is 5.07. The summed E-state index contributed by atoms with van der Waals surface area (Å²) in [6.45, 7) is 5.55. The number of aromatic nitrogens is 4. The molecule has 0 unspecified atom stereocenters. The van der Waals surface area contributed by atoms with Gasteiger partial charge in [0.1, 0.15) is 23.1 Å². The standard InChI is InChI=1S/C26H25Cl2FN6O3/c1-13(2)37-25(36)26(30)11-35(12-26)24-20(29)6-15(8-32-24)23-17-7-16(4-5-21(17)33-34-23)38-14(3)22-18(27)9-31-10-19(22)28/h4-10,13-14H,11-12,30H2,1-3H3,(H,33,34)/t14-/m1/s1. The number of nitrogens with one attached hydrogen (secondary N) is 1. The van der Waals surface area contributed by atoms with Crippen LogP contribution in [0.4, 0.5) is 10.2 Å². The largest absolute Gasteiger partial charge is 0.486 e. The van der Waals surface area contributed by atoms with Crippen LogP contribution in [0.1, 0.15) is 32.4 Å². The van der Waals surface area contributed by atoms with Crippen molar-refractivity contribution in [2.75, 3.05) is 18.0 Å². The maximum absolute atomic E-state index is 15.1. The van der Waals surface area contributed by atoms with Crippen molar-refractivity contribution in [1.82, 2.24) is 20.2 Å². The van der Waals surface area contributed by atoms with Crippen molar-refractivity contribution >= 4 is 45.9 Å². The highest BCUT2D eigenvalue weighted by atomic mass is 35.5. The molecular weight excluding hydrogens is 534 g/mol. The number of fused-ring (bicyclic) bond motifs is 1. The fourth-order valence-electron chi connectivity index (χ4n) is 4.40. The number of pyridine rings is 2. The Morgan fingerprint density at radius 2 is 1.87 bits per heavy atom. The second kappa shape index (κ2) is 10.0. The molecule has 1 aliphatic rings. The van der Waals surface area contributed by atoms with Gasteiger partial charge in [-0.1, -0.05) is 23.2 Å². The number of ether oxygens (including phenoxy) is 2. The summed E-state index contributed by atoms with van der Waals surface area (Å²) >= 11 is 12.5. The lowest BCUT2D eigenvalue weighted by Gasteiger charge is -2.46. The maximum Gasteiger partial charge on any atom is 0.330 e. The smallest absolute Gasteiger partial charge is 0.330 e. The molecule has 0 aliphatic carbocycles. The number of rotatable bonds is 7. The quantitative estimate of drug-likeness (QED) is 0.301. The third-order valence-electron chi connectivity index (χ3n) is 6.23. The molecule has 0 saturated carbocycles. The zero-order valence-electron chi connectivity index (χ0n) is 20.8. The van der Waals surface area contributed by atoms with Gasteiger partial charge in [0, 0.05) is 35.1 Å². The molecule has 1 aromatic carbocycles. The van der Waals surface area contributed by atoms with Gasteiger partial charge in [-0.05, 0) is 45.0 Å². The van der Waals surface area contributed by atoms with Crippen molar-refractivity contribution in [2.24, 2.45) is 5.73 Å². The molecule has 0 bridgehead atoms. The highest BCUT2D eigenvalue weighted by Gasteiger charge is 2.49. The van der Waals surface area contributed by atoms with Crippen LogP contribution in [0.15, 0.2) is 42.9 Å². The lowest BCUT2D eigenvalue weighted by molar-refractivity contribution is -0.155. The van der Waals surface area contributed by atoms with Gasteiger partial charge in [0.2, 0.25) is 0 Å². The SMILES string of the molecule is CC(C)OC(=O)C1(N)CN(c2ncc(-c3n[nH]c4ccc(O[C@H](C)c5c(Cl)cncc5Cl)cc34)cc2F)C1. The summed E-state index contributed by atoms with van der Waals surface area (Å²) in [4.78, 5) is 22.1. The second-order valence-electron chi connectivity index (χ2n) is 9.55. The van der Waals surface area contributed by atoms with Crippen LogP contribution in [0.5, 0.6) is 5.75 Å². The Kier molecular flexibility index (Phi) is 6.89. The topological polar surface area (TPSA) is 119 Å². The van der Waals surface area contributed by atoms with Crippen molar-refractivity contribution < 1.29 is 18.7 Å². The van der Waals surface area contributed by atoms with Gasteiger partial charge in [0.15, 0.2) is 11.6 Å². The van der Waals surface area contributed by atoms with E-state index in [1.54, 1.807) is 30.9 Å². The summed E-state index contributed by atoms with van der Waals surface area (Å²) in [6.07, 6.45) is 3.82. The molecular formula is C26H25Cl2FN6O3. The molecule has 0 spiro atoms. The maximum atomic E-state index is 15.1. The molecule has 5 rings (SSSR count). The molecule has 0 amide bonds. The van der Waals surface area contributed by atoms with Crippen LogP contribution >= 0.6 is 23.2 Å². The second-order valence-corrected chi connectivity index (χ2v) is 10.4. The first-order valence-corrected chi connectivity index (χ1v) is 12.7. The number of halogens is 3. The lowest BCUT2D eigenvalue weighted by Crippen LogP contribution is -2.72. The van der Waals surface area contributed by atoms with E-state index in [-0.39, 0.29) is 25.0 Å². The number of nitrogens with two attached hydrogens (primary N) is 1. The molecule has 3 aromatic heterocycles. The van der Waals surface area contributed by atoms with Crippen LogP contribution in [0.25, 0.3) is 22.2 Å². The molecule has 0 radical (unpaired) electrons. The minimum Gasteiger partial charge on any atom is -0.486 e. The average molecular weight is 559 g/mol. The van der Waals surface area contributed by atoms with E-state index in [1.165, 1.54) is 24.7 Å². The van der Waals surface area contributed by atoms with Gasteiger partial charge in [-0.25, -0.2) is 14.2 Å². The first-order chi connectivity index (χ1) is 18.1. The summed E-state index contributed by atoms with van der Waals surface area (Å²) < 4.78 is 26.5. The van der Waals surface area contributed by atoms with Crippen LogP contribution in [0.2, 0.25) is 10.0 Å². The van der Waals surface area contributed by atoms with Gasteiger partial charge < -0.3 is 20.1 Å². The van der Waals surface area contributed by atoms with E-state index in [9.17, 15) is 4.79 Å². The molecule has 4 heterocycles. The highest BCUT2D eigenvalue weighted by molar-refractivity contribution is 6.35. The van der Waals surface area contributed by atoms with Crippen LogP contribution in [0, 0.1) is 5.82 Å². The van der Waals surface area contributed by atoms with Gasteiger partial charge in [0.25, 0.3) is 0 Å². The third kappa shape index (κ3) is 4.87. The van der Waals surface area contributed by atoms with Crippen molar-refractivity contribution in [1.29, 1.82) is 0 Å². The summed E-state index contributed by atoms with van der Waals surface area (Å²) in [5, 5.41) is 8.84. The zero-order valence-corrected chi connectivity index (χ0v) is 22.3. The first-order valence-electron chi connectivity index (χ1n) is 11.9. The number of anilines is 1. The van der Waals surface area contributed by atoms with E-state index in [4.69, 9.17) is 38.4 Å². The monoisotopic (exact) mass is 558 g/mol. The third-order valence-corrected chi connectivity index (χ3v) is 6.84. The van der Waals surface area contributed by atoms with E-state index in [0.717, 1.165) is 10.9 Å². The molecule has 3 N–H and O–H groups in total. The summed E-state index contributed by atoms with van der Waals surface area (Å²) in [5.74, 6) is -0.406. The normalized spacial score (nSPS) is 15.4. The number of hydrogen-bond donors (Lipinski definition) is 2. The van der Waals surface area contributed by atoms with Crippen LogP contribution < -0.4 is 15.4 Å². The molecule has 1 saturated heterocycles. The van der Waals surface area contributed by atoms with Crippen LogP contribution in [-0.4, -0.2) is 50.9 Å². The van der Waals surface area contributed by atoms with Crippen molar-refractivity contribution in [3.05, 3.63) is 64.3 Å². The van der Waals surface area contributed by atoms with Crippen molar-refractivity contribution in [3.8, 4) is 17.0 Å². The Balaban J connectivity index is 1.36. The van der Waals surface area contributed by atoms with Crippen LogP contribution in [0.3, 0.4) is 0 Å². The number of nitrogens with zero attached hydrogens (tertiary/aromatic N) is 4. The average Bonchev–Trinajstić information content (AvgIpc) is 3.25. The molecule has 38 heavy (non-hydrogen) atoms. The zero-order chi connectivity index (χ0) is 27.2. The fraction of sp³-hybridized carbons (Fsp3) is 0.308. The molecule has 198 valence electrons. The van der Waals surface area contributed by atoms with E-state index in [0.29, 0.717) is 32.6 Å². The summed E-state index contributed by atoms with van der Waals surface area (Å²) in [5.41, 5.74) is 7.30. The summed E-state index contributed by atoms with van der Waals surface area (Å²) in [7, 11) is 0. The van der Waals surface area contributed by atoms with Gasteiger partial charge in [-0.15, -0.1) is 0 Å². The molecule has 1 fully saturated rings. The van der Waals surface area contributed by atoms with E-state index < -0.39 is 23.4 Å². The molecule has 12 heteroatoms. The minimum absolute atomic E-state index is 0.107. The highest BCUT2D eigenvalue weighted by Crippen LogP contribution is 2.36. The van der Waals surface area contributed by atoms with E-state index >= 15 is 4.39 Å². The number of esters is 1. The van der Waals surface area contributed by atoms with Gasteiger partial charge >= 0.3 is 5.97 Å². The Morgan fingerprint density at radius 1 is 1.16 bits per heavy atom. The predicted molar refractivity (Wildman–Crippen MR) is 143 cm³/mol. The first kappa shape index (κ1) is 26.1. The van der Waals surface area contributed by atoms with E-state index in [2.05, 4.69) is 20.2 Å². The van der Waals surface area contributed by atoms with Gasteiger partial charge in [-0.3, -0.25) is 10.1 Å². The van der Waals surface area contributed by atoms with Crippen molar-refractivity contribution in [2.45, 2.75) is 38.5 Å². The Morgan fingerprint density at radius 3 is 2.53 bits per heavy atom. The Bertz CT molecular complexity index is 1500. The number of hydrogen-bond acceptors (Lipinski definition) is 8. The van der Waals surface area contributed by atoms with E-state index in [1.807, 2.05) is 13.0 Å². The Hall–Kier alpha value is -3.47. The minimum atomic E-state index is -1.19. The number of carbonyl (C=O) groups is 1. The molecule has 4 aromatic rings. The molecule has 1 atom stereocenters. The summed E-state index contributed by atoms with van der Waals surface area (Å²) in [6, 6.07) is 6.77. The number of carbonyl (C=O) groups excluding carboxylic acids is 1. The number of aromatic amines is 1. The van der Waals surface area contributed by atoms with Gasteiger partial charge in [0.05, 0.1) is 34.8 Å². The van der Waals surface area contributed by atoms with Crippen molar-refractivity contribution in [3.63, 3.8) is 0 Å². The predicted octanol–water partition coefficient (Wildman–Crippen LogP) is 5.07. The molecule has 9 nitrogen and oxygen atoms in total.